The van der Waals surface area contributed by atoms with Crippen molar-refractivity contribution in [1.29, 1.82) is 0 Å². The molecule has 2 aromatic carbocycles. The molecule has 1 saturated heterocycles. The number of ketones is 1. The molecule has 0 aliphatic carbocycles. The summed E-state index contributed by atoms with van der Waals surface area (Å²) >= 11 is 1.62. The molecule has 7 nitrogen and oxygen atoms in total. The minimum atomic E-state index is -0.750. The van der Waals surface area contributed by atoms with E-state index in [1.54, 1.807) is 18.9 Å². The number of carbonyl (C=O) groups is 2. The average molecular weight is 517 g/mol. The molecule has 3 rings (SSSR count). The number of esters is 1. The lowest BCUT2D eigenvalue weighted by Gasteiger charge is -2.45. The van der Waals surface area contributed by atoms with Gasteiger partial charge in [-0.25, -0.2) is 0 Å². The monoisotopic (exact) mass is 516 g/mol. The third-order valence-electron chi connectivity index (χ3n) is 5.82. The van der Waals surface area contributed by atoms with Crippen LogP contribution in [-0.4, -0.2) is 61.1 Å². The lowest BCUT2D eigenvalue weighted by Crippen LogP contribution is -2.60. The zero-order chi connectivity index (χ0) is 25.8. The summed E-state index contributed by atoms with van der Waals surface area (Å²) in [5.74, 6) is 0.270. The van der Waals surface area contributed by atoms with Crippen molar-refractivity contribution in [3.05, 3.63) is 71.8 Å². The van der Waals surface area contributed by atoms with Crippen molar-refractivity contribution in [2.45, 2.75) is 69.8 Å². The normalized spacial score (nSPS) is 23.8. The SMILES string of the molecule is CCS[C@@H]1O[C@H](COCc2ccccc2)[C@@H](OC(=O)CCC(C)=O)[C@H](OC)[C@H]1OCc1ccccc1. The summed E-state index contributed by atoms with van der Waals surface area (Å²) in [6.45, 7) is 4.50. The Morgan fingerprint density at radius 3 is 2.11 bits per heavy atom. The molecule has 0 aromatic heterocycles. The van der Waals surface area contributed by atoms with E-state index in [2.05, 4.69) is 6.92 Å². The Hall–Kier alpha value is -2.23. The zero-order valence-electron chi connectivity index (χ0n) is 21.2. The lowest BCUT2D eigenvalue weighted by atomic mass is 9.99. The molecule has 0 N–H and O–H groups in total. The van der Waals surface area contributed by atoms with Crippen molar-refractivity contribution in [1.82, 2.24) is 0 Å². The van der Waals surface area contributed by atoms with Gasteiger partial charge in [0.25, 0.3) is 0 Å². The first-order chi connectivity index (χ1) is 17.5. The molecule has 196 valence electrons. The van der Waals surface area contributed by atoms with Crippen LogP contribution in [0.2, 0.25) is 0 Å². The molecule has 8 heteroatoms. The van der Waals surface area contributed by atoms with E-state index >= 15 is 0 Å². The summed E-state index contributed by atoms with van der Waals surface area (Å²) in [5.41, 5.74) is 1.73. The van der Waals surface area contributed by atoms with Gasteiger partial charge in [0, 0.05) is 13.5 Å². The Bertz CT molecular complexity index is 924. The molecule has 2 aromatic rings. The Morgan fingerprint density at radius 1 is 0.889 bits per heavy atom. The van der Waals surface area contributed by atoms with Crippen LogP contribution in [0.25, 0.3) is 0 Å². The number of hydrogen-bond acceptors (Lipinski definition) is 8. The molecule has 0 spiro atoms. The summed E-state index contributed by atoms with van der Waals surface area (Å²) in [4.78, 5) is 24.0. The van der Waals surface area contributed by atoms with Gasteiger partial charge < -0.3 is 28.5 Å². The number of methoxy groups -OCH3 is 1. The van der Waals surface area contributed by atoms with E-state index in [-0.39, 0.29) is 30.7 Å². The van der Waals surface area contributed by atoms with E-state index in [1.165, 1.54) is 6.92 Å². The summed E-state index contributed by atoms with van der Waals surface area (Å²) < 4.78 is 30.5. The number of hydrogen-bond donors (Lipinski definition) is 0. The summed E-state index contributed by atoms with van der Waals surface area (Å²) in [6.07, 6.45) is -2.22. The molecule has 1 aliphatic heterocycles. The van der Waals surface area contributed by atoms with Crippen LogP contribution in [0.3, 0.4) is 0 Å². The second kappa shape index (κ2) is 15.1. The lowest BCUT2D eigenvalue weighted by molar-refractivity contribution is -0.241. The molecule has 0 radical (unpaired) electrons. The predicted molar refractivity (Wildman–Crippen MR) is 139 cm³/mol. The fraction of sp³-hybridized carbons (Fsp3) is 0.500. The number of rotatable bonds is 14. The molecular weight excluding hydrogens is 480 g/mol. The van der Waals surface area contributed by atoms with Gasteiger partial charge in [0.2, 0.25) is 0 Å². The fourth-order valence-corrected chi connectivity index (χ4v) is 4.99. The third-order valence-corrected chi connectivity index (χ3v) is 6.86. The molecule has 0 saturated carbocycles. The highest BCUT2D eigenvalue weighted by molar-refractivity contribution is 7.99. The number of benzene rings is 2. The van der Waals surface area contributed by atoms with Gasteiger partial charge >= 0.3 is 5.97 Å². The summed E-state index contributed by atoms with van der Waals surface area (Å²) in [5, 5.41) is 0. The van der Waals surface area contributed by atoms with Gasteiger partial charge in [0.05, 0.1) is 26.2 Å². The van der Waals surface area contributed by atoms with Crippen LogP contribution in [0.5, 0.6) is 0 Å². The maximum absolute atomic E-state index is 12.6. The highest BCUT2D eigenvalue weighted by Gasteiger charge is 2.49. The van der Waals surface area contributed by atoms with Gasteiger partial charge in [-0.15, -0.1) is 11.8 Å². The van der Waals surface area contributed by atoms with Crippen LogP contribution in [0.4, 0.5) is 0 Å². The first-order valence-electron chi connectivity index (χ1n) is 12.3. The minimum absolute atomic E-state index is 0.00252. The van der Waals surface area contributed by atoms with Gasteiger partial charge in [0.15, 0.2) is 6.10 Å². The Kier molecular flexibility index (Phi) is 11.9. The van der Waals surface area contributed by atoms with Gasteiger partial charge in [-0.3, -0.25) is 4.79 Å². The number of carbonyl (C=O) groups excluding carboxylic acids is 2. The summed E-state index contributed by atoms with van der Waals surface area (Å²) in [7, 11) is 1.58. The summed E-state index contributed by atoms with van der Waals surface area (Å²) in [6, 6.07) is 19.7. The van der Waals surface area contributed by atoms with Gasteiger partial charge in [-0.2, -0.15) is 0 Å². The molecule has 1 fully saturated rings. The molecule has 0 bridgehead atoms. The largest absolute Gasteiger partial charge is 0.457 e. The molecule has 0 amide bonds. The van der Waals surface area contributed by atoms with Gasteiger partial charge in [-0.05, 0) is 23.8 Å². The van der Waals surface area contributed by atoms with Crippen LogP contribution in [0.15, 0.2) is 60.7 Å². The Balaban J connectivity index is 1.76. The van der Waals surface area contributed by atoms with E-state index in [4.69, 9.17) is 23.7 Å². The molecule has 0 unspecified atom stereocenters. The van der Waals surface area contributed by atoms with E-state index < -0.39 is 30.4 Å². The average Bonchev–Trinajstić information content (AvgIpc) is 2.89. The van der Waals surface area contributed by atoms with Crippen molar-refractivity contribution in [3.8, 4) is 0 Å². The first-order valence-corrected chi connectivity index (χ1v) is 13.3. The smallest absolute Gasteiger partial charge is 0.306 e. The maximum Gasteiger partial charge on any atom is 0.306 e. The second-order valence-corrected chi connectivity index (χ2v) is 9.99. The molecule has 5 atom stereocenters. The van der Waals surface area contributed by atoms with Crippen LogP contribution >= 0.6 is 11.8 Å². The fourth-order valence-electron chi connectivity index (χ4n) is 4.02. The van der Waals surface area contributed by atoms with E-state index in [9.17, 15) is 9.59 Å². The van der Waals surface area contributed by atoms with Crippen LogP contribution in [0, 0.1) is 0 Å². The van der Waals surface area contributed by atoms with Crippen molar-refractivity contribution in [3.63, 3.8) is 0 Å². The standard InChI is InChI=1S/C28H36O7S/c1-4-36-28-27(33-18-22-13-9-6-10-14-22)26(31-3)25(35-24(30)16-15-20(2)29)23(34-28)19-32-17-21-11-7-5-8-12-21/h5-14,23,25-28H,4,15-19H2,1-3H3/t23-,25-,26+,27-,28+/m1/s1. The highest BCUT2D eigenvalue weighted by atomic mass is 32.2. The van der Waals surface area contributed by atoms with Gasteiger partial charge in [0.1, 0.15) is 29.5 Å². The van der Waals surface area contributed by atoms with E-state index in [0.717, 1.165) is 16.9 Å². The number of thioether (sulfide) groups is 1. The maximum atomic E-state index is 12.6. The number of Topliss-reactive ketones (excluding diaryl/α,β-unsaturated/α-hetero) is 1. The van der Waals surface area contributed by atoms with E-state index in [0.29, 0.717) is 13.2 Å². The number of ether oxygens (including phenoxy) is 5. The Morgan fingerprint density at radius 2 is 1.53 bits per heavy atom. The van der Waals surface area contributed by atoms with Crippen molar-refractivity contribution in [2.75, 3.05) is 19.5 Å². The van der Waals surface area contributed by atoms with Crippen molar-refractivity contribution >= 4 is 23.5 Å². The molecule has 36 heavy (non-hydrogen) atoms. The third kappa shape index (κ3) is 8.71. The Labute approximate surface area is 217 Å². The first kappa shape index (κ1) is 28.3. The van der Waals surface area contributed by atoms with Crippen molar-refractivity contribution < 1.29 is 33.3 Å². The van der Waals surface area contributed by atoms with Gasteiger partial charge in [-0.1, -0.05) is 67.6 Å². The highest BCUT2D eigenvalue weighted by Crippen LogP contribution is 2.34. The zero-order valence-corrected chi connectivity index (χ0v) is 22.0. The van der Waals surface area contributed by atoms with Crippen LogP contribution in [0.1, 0.15) is 37.8 Å². The van der Waals surface area contributed by atoms with E-state index in [1.807, 2.05) is 60.7 Å². The van der Waals surface area contributed by atoms with Crippen LogP contribution in [-0.2, 0) is 46.5 Å². The van der Waals surface area contributed by atoms with Crippen LogP contribution < -0.4 is 0 Å². The molecule has 1 aliphatic rings. The topological polar surface area (TPSA) is 80.3 Å². The molecular formula is C28H36O7S. The molecule has 1 heterocycles. The predicted octanol–water partition coefficient (Wildman–Crippen LogP) is 4.56. The van der Waals surface area contributed by atoms with Crippen molar-refractivity contribution in [2.24, 2.45) is 0 Å². The minimum Gasteiger partial charge on any atom is -0.457 e. The second-order valence-electron chi connectivity index (χ2n) is 8.62. The quantitative estimate of drug-likeness (QED) is 0.338.